The molecule has 5 heteroatoms. The van der Waals surface area contributed by atoms with E-state index < -0.39 is 0 Å². The first-order valence-corrected chi connectivity index (χ1v) is 5.85. The van der Waals surface area contributed by atoms with Gasteiger partial charge in [0.05, 0.1) is 0 Å². The lowest BCUT2D eigenvalue weighted by atomic mass is 10.0. The predicted molar refractivity (Wildman–Crippen MR) is 71.2 cm³/mol. The maximum Gasteiger partial charge on any atom is 0.129 e. The van der Waals surface area contributed by atoms with Gasteiger partial charge in [-0.05, 0) is 31.5 Å². The Balaban J connectivity index is 0.00000225. The lowest BCUT2D eigenvalue weighted by Gasteiger charge is -2.12. The average Bonchev–Trinajstić information content (AvgIpc) is 2.17. The van der Waals surface area contributed by atoms with Gasteiger partial charge in [0.1, 0.15) is 5.82 Å². The molecule has 0 aliphatic carbocycles. The molecule has 0 saturated heterocycles. The Labute approximate surface area is 110 Å². The number of halogens is 3. The van der Waals surface area contributed by atoms with E-state index in [0.717, 1.165) is 23.7 Å². The molecule has 0 aromatic heterocycles. The highest BCUT2D eigenvalue weighted by molar-refractivity contribution is 9.10. The number of hydrogen-bond acceptors (Lipinski definition) is 2. The Morgan fingerprint density at radius 1 is 1.31 bits per heavy atom. The summed E-state index contributed by atoms with van der Waals surface area (Å²) in [6, 6.07) is 4.75. The lowest BCUT2D eigenvalue weighted by molar-refractivity contribution is 0.542. The van der Waals surface area contributed by atoms with Crippen LogP contribution in [0.4, 0.5) is 4.39 Å². The molecule has 0 aliphatic rings. The zero-order chi connectivity index (χ0) is 11.3. The van der Waals surface area contributed by atoms with Crippen LogP contribution in [0.3, 0.4) is 0 Å². The Morgan fingerprint density at radius 2 is 2.00 bits per heavy atom. The molecule has 0 spiro atoms. The molecule has 0 bridgehead atoms. The number of rotatable bonds is 5. The lowest BCUT2D eigenvalue weighted by Crippen LogP contribution is -2.12. The summed E-state index contributed by atoms with van der Waals surface area (Å²) in [4.78, 5) is 0. The third-order valence-electron chi connectivity index (χ3n) is 2.33. The van der Waals surface area contributed by atoms with E-state index in [1.54, 1.807) is 12.1 Å². The van der Waals surface area contributed by atoms with Gasteiger partial charge in [0.2, 0.25) is 0 Å². The van der Waals surface area contributed by atoms with Crippen LogP contribution in [-0.2, 0) is 0 Å². The molecule has 0 aliphatic heterocycles. The summed E-state index contributed by atoms with van der Waals surface area (Å²) < 4.78 is 14.2. The van der Waals surface area contributed by atoms with Gasteiger partial charge >= 0.3 is 0 Å². The predicted octanol–water partition coefficient (Wildman–Crippen LogP) is 3.14. The Hall–Kier alpha value is -0.160. The van der Waals surface area contributed by atoms with Crippen LogP contribution in [-0.4, -0.2) is 6.54 Å². The van der Waals surface area contributed by atoms with Gasteiger partial charge in [-0.3, -0.25) is 0 Å². The summed E-state index contributed by atoms with van der Waals surface area (Å²) in [5, 5.41) is 0. The minimum absolute atomic E-state index is 0. The van der Waals surface area contributed by atoms with Crippen LogP contribution in [0.2, 0.25) is 0 Å². The summed E-state index contributed by atoms with van der Waals surface area (Å²) in [5.41, 5.74) is 11.9. The SMILES string of the molecule is Cl.NCCCC[C@@H](N)c1ccc(Br)cc1F. The van der Waals surface area contributed by atoms with Crippen molar-refractivity contribution in [2.75, 3.05) is 6.54 Å². The van der Waals surface area contributed by atoms with Crippen LogP contribution in [0.15, 0.2) is 22.7 Å². The van der Waals surface area contributed by atoms with Crippen molar-refractivity contribution in [3.8, 4) is 0 Å². The van der Waals surface area contributed by atoms with Crippen molar-refractivity contribution in [2.24, 2.45) is 11.5 Å². The smallest absolute Gasteiger partial charge is 0.129 e. The molecule has 1 rings (SSSR count). The summed E-state index contributed by atoms with van der Waals surface area (Å²) in [6.07, 6.45) is 2.65. The summed E-state index contributed by atoms with van der Waals surface area (Å²) >= 11 is 3.21. The molecule has 0 saturated carbocycles. The minimum Gasteiger partial charge on any atom is -0.330 e. The fraction of sp³-hybridized carbons (Fsp3) is 0.455. The molecule has 0 radical (unpaired) electrons. The molecule has 1 atom stereocenters. The van der Waals surface area contributed by atoms with Crippen LogP contribution in [0, 0.1) is 5.82 Å². The Kier molecular flexibility index (Phi) is 7.93. The third-order valence-corrected chi connectivity index (χ3v) is 2.82. The Morgan fingerprint density at radius 3 is 2.56 bits per heavy atom. The van der Waals surface area contributed by atoms with Crippen LogP contribution >= 0.6 is 28.3 Å². The Bertz CT molecular complexity index is 323. The van der Waals surface area contributed by atoms with Gasteiger partial charge in [-0.15, -0.1) is 12.4 Å². The van der Waals surface area contributed by atoms with Crippen LogP contribution < -0.4 is 11.5 Å². The van der Waals surface area contributed by atoms with Crippen LogP contribution in [0.5, 0.6) is 0 Å². The number of hydrogen-bond donors (Lipinski definition) is 2. The molecule has 0 fully saturated rings. The second-order valence-electron chi connectivity index (χ2n) is 3.56. The number of nitrogens with two attached hydrogens (primary N) is 2. The van der Waals surface area contributed by atoms with Gasteiger partial charge < -0.3 is 11.5 Å². The normalized spacial score (nSPS) is 12.0. The van der Waals surface area contributed by atoms with Gasteiger partial charge in [0.25, 0.3) is 0 Å². The van der Waals surface area contributed by atoms with Crippen LogP contribution in [0.25, 0.3) is 0 Å². The van der Waals surface area contributed by atoms with Gasteiger partial charge in [0, 0.05) is 16.1 Å². The van der Waals surface area contributed by atoms with Crippen molar-refractivity contribution in [1.82, 2.24) is 0 Å². The highest BCUT2D eigenvalue weighted by Gasteiger charge is 2.10. The monoisotopic (exact) mass is 310 g/mol. The van der Waals surface area contributed by atoms with Crippen molar-refractivity contribution in [1.29, 1.82) is 0 Å². The zero-order valence-electron chi connectivity index (χ0n) is 8.96. The van der Waals surface area contributed by atoms with E-state index in [4.69, 9.17) is 11.5 Å². The summed E-state index contributed by atoms with van der Waals surface area (Å²) in [6.45, 7) is 0.662. The van der Waals surface area contributed by atoms with Crippen molar-refractivity contribution < 1.29 is 4.39 Å². The zero-order valence-corrected chi connectivity index (χ0v) is 11.4. The van der Waals surface area contributed by atoms with Gasteiger partial charge in [0.15, 0.2) is 0 Å². The second kappa shape index (κ2) is 8.01. The molecule has 1 aromatic rings. The van der Waals surface area contributed by atoms with Crippen molar-refractivity contribution in [2.45, 2.75) is 25.3 Å². The molecule has 92 valence electrons. The molecular formula is C11H17BrClFN2. The van der Waals surface area contributed by atoms with E-state index >= 15 is 0 Å². The highest BCUT2D eigenvalue weighted by Crippen LogP contribution is 2.22. The molecular weight excluding hydrogens is 294 g/mol. The topological polar surface area (TPSA) is 52.0 Å². The second-order valence-corrected chi connectivity index (χ2v) is 4.47. The van der Waals surface area contributed by atoms with Gasteiger partial charge in [-0.25, -0.2) is 4.39 Å². The third kappa shape index (κ3) is 4.78. The molecule has 0 amide bonds. The van der Waals surface area contributed by atoms with E-state index in [1.165, 1.54) is 6.07 Å². The van der Waals surface area contributed by atoms with Crippen molar-refractivity contribution >= 4 is 28.3 Å². The van der Waals surface area contributed by atoms with Gasteiger partial charge in [-0.1, -0.05) is 28.4 Å². The molecule has 4 N–H and O–H groups in total. The first kappa shape index (κ1) is 15.8. The van der Waals surface area contributed by atoms with E-state index in [-0.39, 0.29) is 24.3 Å². The number of benzene rings is 1. The van der Waals surface area contributed by atoms with E-state index in [0.29, 0.717) is 12.1 Å². The summed E-state index contributed by atoms with van der Waals surface area (Å²) in [5.74, 6) is -0.246. The first-order chi connectivity index (χ1) is 7.15. The molecule has 1 aromatic carbocycles. The molecule has 0 unspecified atom stereocenters. The highest BCUT2D eigenvalue weighted by atomic mass is 79.9. The fourth-order valence-corrected chi connectivity index (χ4v) is 1.80. The maximum atomic E-state index is 13.5. The standard InChI is InChI=1S/C11H16BrFN2.ClH/c12-8-4-5-9(10(13)7-8)11(15)3-1-2-6-14;/h4-5,7,11H,1-3,6,14-15H2;1H/t11-;/m1./s1. The van der Waals surface area contributed by atoms with Crippen LogP contribution in [0.1, 0.15) is 30.9 Å². The van der Waals surface area contributed by atoms with E-state index in [1.807, 2.05) is 0 Å². The maximum absolute atomic E-state index is 13.5. The minimum atomic E-state index is -0.246. The molecule has 16 heavy (non-hydrogen) atoms. The van der Waals surface area contributed by atoms with Crippen molar-refractivity contribution in [3.63, 3.8) is 0 Å². The van der Waals surface area contributed by atoms with Crippen molar-refractivity contribution in [3.05, 3.63) is 34.1 Å². The average molecular weight is 312 g/mol. The van der Waals surface area contributed by atoms with Gasteiger partial charge in [-0.2, -0.15) is 0 Å². The number of unbranched alkanes of at least 4 members (excludes halogenated alkanes) is 1. The quantitative estimate of drug-likeness (QED) is 0.821. The fourth-order valence-electron chi connectivity index (χ4n) is 1.47. The molecule has 2 nitrogen and oxygen atoms in total. The largest absolute Gasteiger partial charge is 0.330 e. The van der Waals surface area contributed by atoms with E-state index in [2.05, 4.69) is 15.9 Å². The van der Waals surface area contributed by atoms with E-state index in [9.17, 15) is 4.39 Å². The first-order valence-electron chi connectivity index (χ1n) is 5.05. The summed E-state index contributed by atoms with van der Waals surface area (Å²) in [7, 11) is 0. The molecule has 0 heterocycles.